The molecule has 0 unspecified atom stereocenters. The molecule has 1 saturated carbocycles. The molecule has 194 valence electrons. The minimum Gasteiger partial charge on any atom is -0.497 e. The Balaban J connectivity index is 0.00000228. The molecule has 0 saturated heterocycles. The topological polar surface area (TPSA) is 150 Å². The Labute approximate surface area is 222 Å². The second kappa shape index (κ2) is 13.0. The first kappa shape index (κ1) is 28.7. The van der Waals surface area contributed by atoms with Crippen molar-refractivity contribution in [3.05, 3.63) is 48.0 Å². The van der Waals surface area contributed by atoms with Gasteiger partial charge in [0, 0.05) is 10.9 Å². The molecule has 2 aromatic carbocycles. The standard InChI is InChI=1S/C24H29N7O3.2ClH/c1-33-15-9-7-14(8-10-15)22(32)31-24-29-18-12-11-16(34-2)13-17(18)21(30-24)27-19-5-3-4-6-20(19)28-23(25)26;;/h7-13,19-20H,3-6H2,1-2H3,(H4,25,26,28)(H2,27,29,30,31,32);2*1H/t19-,20+;;/m0../s1. The summed E-state index contributed by atoms with van der Waals surface area (Å²) in [4.78, 5) is 26.4. The van der Waals surface area contributed by atoms with Crippen LogP contribution in [0.25, 0.3) is 10.9 Å². The second-order valence-corrected chi connectivity index (χ2v) is 8.12. The Morgan fingerprint density at radius 1 is 0.972 bits per heavy atom. The average molecular weight is 536 g/mol. The molecule has 1 aliphatic carbocycles. The lowest BCUT2D eigenvalue weighted by Gasteiger charge is -2.30. The summed E-state index contributed by atoms with van der Waals surface area (Å²) in [5.74, 6) is 1.87. The van der Waals surface area contributed by atoms with Crippen LogP contribution in [0.2, 0.25) is 0 Å². The third-order valence-electron chi connectivity index (χ3n) is 5.85. The van der Waals surface area contributed by atoms with E-state index in [1.807, 2.05) is 18.2 Å². The molecule has 36 heavy (non-hydrogen) atoms. The lowest BCUT2D eigenvalue weighted by atomic mass is 9.90. The van der Waals surface area contributed by atoms with Gasteiger partial charge in [-0.15, -0.1) is 24.8 Å². The van der Waals surface area contributed by atoms with Crippen molar-refractivity contribution in [2.75, 3.05) is 24.9 Å². The van der Waals surface area contributed by atoms with Crippen LogP contribution in [0.5, 0.6) is 11.5 Å². The highest BCUT2D eigenvalue weighted by Crippen LogP contribution is 2.30. The molecule has 6 N–H and O–H groups in total. The zero-order chi connectivity index (χ0) is 24.1. The third kappa shape index (κ3) is 6.79. The molecule has 4 rings (SSSR count). The predicted molar refractivity (Wildman–Crippen MR) is 147 cm³/mol. The fraction of sp³-hybridized carbons (Fsp3) is 0.333. The monoisotopic (exact) mass is 535 g/mol. The van der Waals surface area contributed by atoms with Crippen LogP contribution in [0.1, 0.15) is 36.0 Å². The summed E-state index contributed by atoms with van der Waals surface area (Å²) in [7, 11) is 3.18. The van der Waals surface area contributed by atoms with Crippen molar-refractivity contribution in [3.8, 4) is 11.5 Å². The number of halogens is 2. The fourth-order valence-corrected chi connectivity index (χ4v) is 4.12. The lowest BCUT2D eigenvalue weighted by Crippen LogP contribution is -2.38. The lowest BCUT2D eigenvalue weighted by molar-refractivity contribution is 0.102. The molecule has 0 bridgehead atoms. The molecule has 0 spiro atoms. The van der Waals surface area contributed by atoms with Gasteiger partial charge in [-0.1, -0.05) is 12.8 Å². The number of anilines is 2. The molecule has 1 aliphatic rings. The number of nitrogens with zero attached hydrogens (tertiary/aromatic N) is 3. The van der Waals surface area contributed by atoms with Crippen molar-refractivity contribution in [1.29, 1.82) is 0 Å². The number of nitrogens with two attached hydrogens (primary N) is 2. The van der Waals surface area contributed by atoms with Gasteiger partial charge < -0.3 is 26.3 Å². The Morgan fingerprint density at radius 2 is 1.64 bits per heavy atom. The number of rotatable bonds is 7. The van der Waals surface area contributed by atoms with Crippen LogP contribution >= 0.6 is 24.8 Å². The van der Waals surface area contributed by atoms with Crippen molar-refractivity contribution in [1.82, 2.24) is 9.97 Å². The normalized spacial score (nSPS) is 16.6. The molecular formula is C24H31Cl2N7O3. The van der Waals surface area contributed by atoms with E-state index in [9.17, 15) is 4.79 Å². The van der Waals surface area contributed by atoms with Crippen LogP contribution in [-0.2, 0) is 0 Å². The van der Waals surface area contributed by atoms with Gasteiger partial charge in [0.15, 0.2) is 5.96 Å². The van der Waals surface area contributed by atoms with Crippen LogP contribution in [0.3, 0.4) is 0 Å². The van der Waals surface area contributed by atoms with Gasteiger partial charge in [-0.2, -0.15) is 4.98 Å². The average Bonchev–Trinajstić information content (AvgIpc) is 2.84. The van der Waals surface area contributed by atoms with E-state index in [0.717, 1.165) is 31.1 Å². The van der Waals surface area contributed by atoms with Gasteiger partial charge in [0.2, 0.25) is 5.95 Å². The number of nitrogens with one attached hydrogen (secondary N) is 2. The fourth-order valence-electron chi connectivity index (χ4n) is 4.12. The molecule has 1 fully saturated rings. The first-order valence-electron chi connectivity index (χ1n) is 11.1. The third-order valence-corrected chi connectivity index (χ3v) is 5.85. The van der Waals surface area contributed by atoms with Gasteiger partial charge in [-0.25, -0.2) is 9.98 Å². The number of fused-ring (bicyclic) bond motifs is 1. The number of carbonyl (C=O) groups excluding carboxylic acids is 1. The molecule has 12 heteroatoms. The highest BCUT2D eigenvalue weighted by molar-refractivity contribution is 6.04. The maximum Gasteiger partial charge on any atom is 0.258 e. The molecule has 10 nitrogen and oxygen atoms in total. The zero-order valence-electron chi connectivity index (χ0n) is 20.1. The van der Waals surface area contributed by atoms with E-state index in [1.165, 1.54) is 0 Å². The second-order valence-electron chi connectivity index (χ2n) is 8.12. The molecule has 1 heterocycles. The SMILES string of the molecule is COc1ccc(C(=O)Nc2nc(N[C@H]3CCCC[C@H]3N=C(N)N)c3cc(OC)ccc3n2)cc1.Cl.Cl. The molecule has 3 aromatic rings. The first-order chi connectivity index (χ1) is 16.5. The minimum absolute atomic E-state index is 0. The smallest absolute Gasteiger partial charge is 0.258 e. The number of amides is 1. The summed E-state index contributed by atoms with van der Waals surface area (Å²) < 4.78 is 10.5. The van der Waals surface area contributed by atoms with Crippen LogP contribution in [0.4, 0.5) is 11.8 Å². The molecule has 1 aromatic heterocycles. The predicted octanol–water partition coefficient (Wildman–Crippen LogP) is 3.74. The van der Waals surface area contributed by atoms with Crippen LogP contribution in [0.15, 0.2) is 47.5 Å². The molecule has 0 radical (unpaired) electrons. The Bertz CT molecular complexity index is 1200. The van der Waals surface area contributed by atoms with E-state index >= 15 is 0 Å². The summed E-state index contributed by atoms with van der Waals surface area (Å²) in [6.07, 6.45) is 3.89. The Hall–Kier alpha value is -3.50. The van der Waals surface area contributed by atoms with Gasteiger partial charge in [-0.3, -0.25) is 10.1 Å². The van der Waals surface area contributed by atoms with E-state index in [2.05, 4.69) is 25.6 Å². The summed E-state index contributed by atoms with van der Waals surface area (Å²) in [6, 6.07) is 12.3. The number of benzene rings is 2. The van der Waals surface area contributed by atoms with Crippen molar-refractivity contribution in [3.63, 3.8) is 0 Å². The number of methoxy groups -OCH3 is 2. The van der Waals surface area contributed by atoms with E-state index in [-0.39, 0.29) is 54.7 Å². The van der Waals surface area contributed by atoms with E-state index in [0.29, 0.717) is 28.4 Å². The van der Waals surface area contributed by atoms with Crippen LogP contribution < -0.4 is 31.6 Å². The summed E-state index contributed by atoms with van der Waals surface area (Å²) in [5.41, 5.74) is 12.5. The van der Waals surface area contributed by atoms with Gasteiger partial charge in [0.05, 0.1) is 31.8 Å². The summed E-state index contributed by atoms with van der Waals surface area (Å²) in [5, 5.41) is 7.08. The first-order valence-corrected chi connectivity index (χ1v) is 11.1. The molecular weight excluding hydrogens is 505 g/mol. The Morgan fingerprint density at radius 3 is 2.31 bits per heavy atom. The largest absolute Gasteiger partial charge is 0.497 e. The van der Waals surface area contributed by atoms with Crippen LogP contribution in [-0.4, -0.2) is 48.1 Å². The van der Waals surface area contributed by atoms with E-state index in [4.69, 9.17) is 20.9 Å². The maximum atomic E-state index is 12.8. The van der Waals surface area contributed by atoms with Gasteiger partial charge in [0.1, 0.15) is 17.3 Å². The number of hydrogen-bond donors (Lipinski definition) is 4. The van der Waals surface area contributed by atoms with Crippen molar-refractivity contribution in [2.24, 2.45) is 16.5 Å². The number of ether oxygens (including phenoxy) is 2. The number of guanidine groups is 1. The minimum atomic E-state index is -0.322. The highest BCUT2D eigenvalue weighted by Gasteiger charge is 2.26. The highest BCUT2D eigenvalue weighted by atomic mass is 35.5. The molecule has 0 aliphatic heterocycles. The Kier molecular flexibility index (Phi) is 10.4. The summed E-state index contributed by atoms with van der Waals surface area (Å²) in [6.45, 7) is 0. The number of aliphatic imine (C=N–C) groups is 1. The quantitative estimate of drug-likeness (QED) is 0.264. The van der Waals surface area contributed by atoms with Gasteiger partial charge in [-0.05, 0) is 55.3 Å². The van der Waals surface area contributed by atoms with Gasteiger partial charge in [0.25, 0.3) is 5.91 Å². The maximum absolute atomic E-state index is 12.8. The number of carbonyl (C=O) groups is 1. The van der Waals surface area contributed by atoms with E-state index < -0.39 is 0 Å². The number of hydrogen-bond acceptors (Lipinski definition) is 7. The molecule has 1 amide bonds. The van der Waals surface area contributed by atoms with E-state index in [1.54, 1.807) is 38.5 Å². The van der Waals surface area contributed by atoms with Crippen LogP contribution in [0, 0.1) is 0 Å². The van der Waals surface area contributed by atoms with Gasteiger partial charge >= 0.3 is 0 Å². The zero-order valence-corrected chi connectivity index (χ0v) is 21.7. The van der Waals surface area contributed by atoms with Crippen molar-refractivity contribution in [2.45, 2.75) is 37.8 Å². The van der Waals surface area contributed by atoms with Crippen molar-refractivity contribution >= 4 is 59.3 Å². The summed E-state index contributed by atoms with van der Waals surface area (Å²) >= 11 is 0. The molecule has 2 atom stereocenters. The number of aromatic nitrogens is 2. The van der Waals surface area contributed by atoms with Crippen molar-refractivity contribution < 1.29 is 14.3 Å².